The summed E-state index contributed by atoms with van der Waals surface area (Å²) in [6.45, 7) is 4.28. The Labute approximate surface area is 190 Å². The SMILES string of the molecule is O=C(CCCC(=O)c1ccccc1)N[C@@H](CC1C=C2OCCOC2=CC1)CN1CCCC1. The minimum atomic E-state index is 0.0343. The number of nitrogens with one attached hydrogen (secondary N) is 1. The lowest BCUT2D eigenvalue weighted by Gasteiger charge is -2.30. The van der Waals surface area contributed by atoms with Gasteiger partial charge in [-0.15, -0.1) is 0 Å². The lowest BCUT2D eigenvalue weighted by atomic mass is 9.91. The van der Waals surface area contributed by atoms with E-state index in [1.165, 1.54) is 12.8 Å². The second-order valence-corrected chi connectivity index (χ2v) is 8.94. The lowest BCUT2D eigenvalue weighted by Crippen LogP contribution is -2.44. The molecule has 1 aromatic rings. The molecule has 2 heterocycles. The van der Waals surface area contributed by atoms with E-state index in [1.807, 2.05) is 30.3 Å². The van der Waals surface area contributed by atoms with Crippen LogP contribution >= 0.6 is 0 Å². The number of ketones is 1. The van der Waals surface area contributed by atoms with Crippen LogP contribution in [0.2, 0.25) is 0 Å². The number of hydrogen-bond acceptors (Lipinski definition) is 5. The number of carbonyl (C=O) groups excluding carboxylic acids is 2. The second kappa shape index (κ2) is 11.3. The molecule has 1 N–H and O–H groups in total. The minimum Gasteiger partial charge on any atom is -0.486 e. The van der Waals surface area contributed by atoms with Gasteiger partial charge in [0.05, 0.1) is 0 Å². The molecule has 2 saturated heterocycles. The summed E-state index contributed by atoms with van der Waals surface area (Å²) in [7, 11) is 0. The molecule has 32 heavy (non-hydrogen) atoms. The Balaban J connectivity index is 1.28. The summed E-state index contributed by atoms with van der Waals surface area (Å²) in [5.74, 6) is 2.15. The number of fused-ring (bicyclic) bond motifs is 1. The Bertz CT molecular complexity index is 843. The first-order valence-electron chi connectivity index (χ1n) is 12.0. The third kappa shape index (κ3) is 6.45. The highest BCUT2D eigenvalue weighted by Crippen LogP contribution is 2.30. The summed E-state index contributed by atoms with van der Waals surface area (Å²) in [5.41, 5.74) is 0.714. The molecule has 3 aliphatic rings. The van der Waals surface area contributed by atoms with E-state index in [4.69, 9.17) is 9.47 Å². The van der Waals surface area contributed by atoms with Crippen LogP contribution in [0.5, 0.6) is 0 Å². The summed E-state index contributed by atoms with van der Waals surface area (Å²) in [5, 5.41) is 3.26. The van der Waals surface area contributed by atoms with Crippen LogP contribution in [0.25, 0.3) is 0 Å². The van der Waals surface area contributed by atoms with E-state index in [1.54, 1.807) is 0 Å². The van der Waals surface area contributed by atoms with Gasteiger partial charge in [0.25, 0.3) is 0 Å². The van der Waals surface area contributed by atoms with Crippen molar-refractivity contribution in [3.63, 3.8) is 0 Å². The summed E-state index contributed by atoms with van der Waals surface area (Å²) in [4.78, 5) is 27.4. The van der Waals surface area contributed by atoms with Gasteiger partial charge in [0.1, 0.15) is 13.2 Å². The molecule has 6 nitrogen and oxygen atoms in total. The predicted molar refractivity (Wildman–Crippen MR) is 123 cm³/mol. The molecule has 0 radical (unpaired) electrons. The average molecular weight is 439 g/mol. The van der Waals surface area contributed by atoms with Gasteiger partial charge in [-0.2, -0.15) is 0 Å². The van der Waals surface area contributed by atoms with Crippen LogP contribution in [0.15, 0.2) is 54.0 Å². The van der Waals surface area contributed by atoms with E-state index < -0.39 is 0 Å². The van der Waals surface area contributed by atoms with Gasteiger partial charge in [0.2, 0.25) is 5.91 Å². The molecular weight excluding hydrogens is 404 g/mol. The van der Waals surface area contributed by atoms with Crippen LogP contribution in [0.3, 0.4) is 0 Å². The number of hydrogen-bond donors (Lipinski definition) is 1. The smallest absolute Gasteiger partial charge is 0.220 e. The number of amides is 1. The molecule has 0 aromatic heterocycles. The van der Waals surface area contributed by atoms with Crippen molar-refractivity contribution < 1.29 is 19.1 Å². The van der Waals surface area contributed by atoms with Crippen molar-refractivity contribution in [3.8, 4) is 0 Å². The van der Waals surface area contributed by atoms with Crippen molar-refractivity contribution in [3.05, 3.63) is 59.6 Å². The molecule has 4 rings (SSSR count). The molecule has 0 saturated carbocycles. The molecule has 0 spiro atoms. The molecule has 2 atom stereocenters. The zero-order valence-corrected chi connectivity index (χ0v) is 18.8. The van der Waals surface area contributed by atoms with Gasteiger partial charge >= 0.3 is 0 Å². The molecule has 0 bridgehead atoms. The number of carbonyl (C=O) groups is 2. The number of likely N-dealkylation sites (tertiary alicyclic amines) is 1. The molecule has 1 aromatic carbocycles. The Kier molecular flexibility index (Phi) is 7.99. The number of ether oxygens (including phenoxy) is 2. The highest BCUT2D eigenvalue weighted by Gasteiger charge is 2.26. The number of benzene rings is 1. The topological polar surface area (TPSA) is 67.9 Å². The van der Waals surface area contributed by atoms with Gasteiger partial charge < -0.3 is 19.7 Å². The zero-order chi connectivity index (χ0) is 22.2. The van der Waals surface area contributed by atoms with Gasteiger partial charge in [0, 0.05) is 31.0 Å². The van der Waals surface area contributed by atoms with Crippen LogP contribution in [-0.2, 0) is 14.3 Å². The molecule has 1 amide bonds. The number of rotatable bonds is 10. The van der Waals surface area contributed by atoms with Crippen LogP contribution in [0.1, 0.15) is 55.3 Å². The normalized spacial score (nSPS) is 21.4. The van der Waals surface area contributed by atoms with Gasteiger partial charge in [-0.3, -0.25) is 9.59 Å². The summed E-state index contributed by atoms with van der Waals surface area (Å²) in [6, 6.07) is 9.38. The Hall–Kier alpha value is -2.60. The van der Waals surface area contributed by atoms with E-state index in [9.17, 15) is 9.59 Å². The third-order valence-corrected chi connectivity index (χ3v) is 6.37. The van der Waals surface area contributed by atoms with Crippen LogP contribution in [0, 0.1) is 5.92 Å². The van der Waals surface area contributed by atoms with E-state index >= 15 is 0 Å². The van der Waals surface area contributed by atoms with Crippen molar-refractivity contribution >= 4 is 11.7 Å². The summed E-state index contributed by atoms with van der Waals surface area (Å²) < 4.78 is 11.4. The summed E-state index contributed by atoms with van der Waals surface area (Å²) in [6.07, 6.45) is 9.86. The molecule has 1 unspecified atom stereocenters. The first kappa shape index (κ1) is 22.6. The lowest BCUT2D eigenvalue weighted by molar-refractivity contribution is -0.122. The van der Waals surface area contributed by atoms with Crippen molar-refractivity contribution in [1.29, 1.82) is 0 Å². The maximum absolute atomic E-state index is 12.7. The summed E-state index contributed by atoms with van der Waals surface area (Å²) >= 11 is 0. The van der Waals surface area contributed by atoms with E-state index in [2.05, 4.69) is 22.4 Å². The maximum atomic E-state index is 12.7. The number of nitrogens with zero attached hydrogens (tertiary/aromatic N) is 1. The fourth-order valence-electron chi connectivity index (χ4n) is 4.74. The maximum Gasteiger partial charge on any atom is 0.220 e. The van der Waals surface area contributed by atoms with Crippen molar-refractivity contribution in [2.24, 2.45) is 5.92 Å². The Morgan fingerprint density at radius 1 is 1.03 bits per heavy atom. The van der Waals surface area contributed by atoms with Crippen LogP contribution < -0.4 is 5.32 Å². The third-order valence-electron chi connectivity index (χ3n) is 6.37. The van der Waals surface area contributed by atoms with Crippen molar-refractivity contribution in [2.75, 3.05) is 32.8 Å². The highest BCUT2D eigenvalue weighted by molar-refractivity contribution is 5.96. The monoisotopic (exact) mass is 438 g/mol. The van der Waals surface area contributed by atoms with Crippen LogP contribution in [0.4, 0.5) is 0 Å². The molecule has 1 aliphatic carbocycles. The van der Waals surface area contributed by atoms with Gasteiger partial charge in [-0.1, -0.05) is 30.3 Å². The molecular formula is C26H34N2O4. The largest absolute Gasteiger partial charge is 0.486 e. The van der Waals surface area contributed by atoms with Gasteiger partial charge in [0.15, 0.2) is 17.3 Å². The number of allylic oxidation sites excluding steroid dienone is 2. The first-order valence-corrected chi connectivity index (χ1v) is 12.0. The molecule has 172 valence electrons. The quantitative estimate of drug-likeness (QED) is 0.562. The van der Waals surface area contributed by atoms with Crippen molar-refractivity contribution in [1.82, 2.24) is 10.2 Å². The highest BCUT2D eigenvalue weighted by atomic mass is 16.6. The Morgan fingerprint density at radius 2 is 1.78 bits per heavy atom. The first-order chi connectivity index (χ1) is 15.7. The van der Waals surface area contributed by atoms with Gasteiger partial charge in [-0.05, 0) is 63.3 Å². The standard InChI is InChI=1S/C26H34N2O4/c29-23(21-7-2-1-3-8-21)9-6-10-26(30)27-22(19-28-13-4-5-14-28)17-20-11-12-24-25(18-20)32-16-15-31-24/h1-3,7-8,12,18,20,22H,4-6,9-11,13-17,19H2,(H,27,30)/t20?,22-/m0/s1. The van der Waals surface area contributed by atoms with Gasteiger partial charge in [-0.25, -0.2) is 0 Å². The molecule has 2 aliphatic heterocycles. The van der Waals surface area contributed by atoms with Crippen LogP contribution in [-0.4, -0.2) is 55.5 Å². The fourth-order valence-corrected chi connectivity index (χ4v) is 4.74. The van der Waals surface area contributed by atoms with E-state index in [0.29, 0.717) is 44.0 Å². The number of Topliss-reactive ketones (excluding diaryl/α,β-unsaturated/α-hetero) is 1. The van der Waals surface area contributed by atoms with E-state index in [0.717, 1.165) is 44.0 Å². The second-order valence-electron chi connectivity index (χ2n) is 8.94. The Morgan fingerprint density at radius 3 is 2.56 bits per heavy atom. The van der Waals surface area contributed by atoms with Crippen molar-refractivity contribution in [2.45, 2.75) is 51.0 Å². The average Bonchev–Trinajstić information content (AvgIpc) is 3.32. The predicted octanol–water partition coefficient (Wildman–Crippen LogP) is 3.84. The molecule has 6 heteroatoms. The fraction of sp³-hybridized carbons (Fsp3) is 0.538. The minimum absolute atomic E-state index is 0.0343. The molecule has 2 fully saturated rings. The van der Waals surface area contributed by atoms with E-state index in [-0.39, 0.29) is 17.7 Å². The zero-order valence-electron chi connectivity index (χ0n) is 18.8.